The minimum Gasteiger partial charge on any atom is -0.490 e. The molecule has 0 heterocycles. The van der Waals surface area contributed by atoms with Crippen molar-refractivity contribution in [2.24, 2.45) is 5.92 Å². The summed E-state index contributed by atoms with van der Waals surface area (Å²) < 4.78 is 5.95. The van der Waals surface area contributed by atoms with Gasteiger partial charge in [0.05, 0.1) is 12.0 Å². The van der Waals surface area contributed by atoms with Gasteiger partial charge < -0.3 is 20.5 Å². The lowest BCUT2D eigenvalue weighted by Crippen LogP contribution is -2.34. The van der Waals surface area contributed by atoms with Crippen LogP contribution in [0, 0.1) is 12.8 Å². The molecule has 0 radical (unpaired) electrons. The quantitative estimate of drug-likeness (QED) is 0.365. The minimum absolute atomic E-state index is 0.00258. The Balaban J connectivity index is 1.20. The van der Waals surface area contributed by atoms with Crippen LogP contribution in [0.3, 0.4) is 0 Å². The maximum absolute atomic E-state index is 12.5. The van der Waals surface area contributed by atoms with Gasteiger partial charge in [-0.05, 0) is 85.7 Å². The van der Waals surface area contributed by atoms with E-state index >= 15 is 0 Å². The van der Waals surface area contributed by atoms with Crippen LogP contribution in [-0.4, -0.2) is 42.1 Å². The van der Waals surface area contributed by atoms with Gasteiger partial charge in [0.1, 0.15) is 5.75 Å². The van der Waals surface area contributed by atoms with Crippen molar-refractivity contribution in [1.29, 1.82) is 0 Å². The van der Waals surface area contributed by atoms with Crippen molar-refractivity contribution >= 4 is 17.8 Å². The maximum atomic E-state index is 12.5. The van der Waals surface area contributed by atoms with Crippen molar-refractivity contribution in [3.05, 3.63) is 89.5 Å². The molecule has 0 unspecified atom stereocenters. The average Bonchev–Trinajstić information content (AvgIpc) is 2.92. The van der Waals surface area contributed by atoms with E-state index in [9.17, 15) is 14.4 Å². The first kappa shape index (κ1) is 25.9. The summed E-state index contributed by atoms with van der Waals surface area (Å²) in [4.78, 5) is 36.1. The van der Waals surface area contributed by atoms with Gasteiger partial charge in [-0.2, -0.15) is 0 Å². The van der Waals surface area contributed by atoms with Gasteiger partial charge in [0.25, 0.3) is 11.8 Å². The number of benzene rings is 3. The van der Waals surface area contributed by atoms with Gasteiger partial charge >= 0.3 is 5.97 Å². The zero-order valence-corrected chi connectivity index (χ0v) is 20.9. The number of aryl methyl sites for hydroxylation is 1. The summed E-state index contributed by atoms with van der Waals surface area (Å²) in [5.74, 6) is -0.765. The summed E-state index contributed by atoms with van der Waals surface area (Å²) in [6.45, 7) is 2.60. The third-order valence-electron chi connectivity index (χ3n) is 6.71. The summed E-state index contributed by atoms with van der Waals surface area (Å²) in [7, 11) is 0. The summed E-state index contributed by atoms with van der Waals surface area (Å²) >= 11 is 0. The first-order chi connectivity index (χ1) is 17.9. The van der Waals surface area contributed by atoms with Crippen LogP contribution in [0.4, 0.5) is 0 Å². The van der Waals surface area contributed by atoms with Gasteiger partial charge in [-0.25, -0.2) is 0 Å². The Morgan fingerprint density at radius 2 is 1.41 bits per heavy atom. The van der Waals surface area contributed by atoms with Crippen LogP contribution in [0.2, 0.25) is 0 Å². The van der Waals surface area contributed by atoms with Crippen molar-refractivity contribution in [3.63, 3.8) is 0 Å². The van der Waals surface area contributed by atoms with Crippen molar-refractivity contribution in [3.8, 4) is 16.9 Å². The summed E-state index contributed by atoms with van der Waals surface area (Å²) in [5, 5.41) is 14.8. The molecule has 0 spiro atoms. The monoisotopic (exact) mass is 500 g/mol. The molecule has 0 aliphatic heterocycles. The predicted octanol–water partition coefficient (Wildman–Crippen LogP) is 4.84. The Hall–Kier alpha value is -4.13. The molecular formula is C30H32N2O5. The fraction of sp³-hybridized carbons (Fsp3) is 0.300. The molecule has 0 saturated heterocycles. The summed E-state index contributed by atoms with van der Waals surface area (Å²) in [6.07, 6.45) is 2.66. The van der Waals surface area contributed by atoms with E-state index in [0.717, 1.165) is 16.7 Å². The van der Waals surface area contributed by atoms with E-state index in [-0.39, 0.29) is 23.8 Å². The lowest BCUT2D eigenvalue weighted by molar-refractivity contribution is -0.143. The minimum atomic E-state index is -0.735. The highest BCUT2D eigenvalue weighted by Gasteiger charge is 2.26. The van der Waals surface area contributed by atoms with E-state index in [1.807, 2.05) is 55.5 Å². The molecule has 1 aliphatic carbocycles. The molecule has 3 aromatic rings. The van der Waals surface area contributed by atoms with E-state index in [1.165, 1.54) is 0 Å². The number of aliphatic carboxylic acids is 1. The second-order valence-electron chi connectivity index (χ2n) is 9.36. The molecule has 1 saturated carbocycles. The van der Waals surface area contributed by atoms with Crippen molar-refractivity contribution in [2.45, 2.75) is 38.7 Å². The van der Waals surface area contributed by atoms with E-state index in [2.05, 4.69) is 10.6 Å². The van der Waals surface area contributed by atoms with Crippen LogP contribution >= 0.6 is 0 Å². The standard InChI is InChI=1S/C30H32N2O5/c1-20-19-24(11-16-27(20)21-5-3-2-4-6-21)29(34)32-18-17-31-28(33)22-7-12-25(13-8-22)37-26-14-9-23(10-15-26)30(35)36/h2-8,11-13,16,19,23,26H,9-10,14-15,17-18H2,1H3,(H,31,33)(H,32,34)(H,35,36)/t23-,26+. The number of nitrogens with one attached hydrogen (secondary N) is 2. The molecule has 192 valence electrons. The number of amides is 2. The number of carbonyl (C=O) groups is 3. The third-order valence-corrected chi connectivity index (χ3v) is 6.71. The average molecular weight is 501 g/mol. The van der Waals surface area contributed by atoms with Crippen LogP contribution in [0.15, 0.2) is 72.8 Å². The number of rotatable bonds is 9. The van der Waals surface area contributed by atoms with Crippen LogP contribution < -0.4 is 15.4 Å². The maximum Gasteiger partial charge on any atom is 0.306 e. The summed E-state index contributed by atoms with van der Waals surface area (Å²) in [6, 6.07) is 22.6. The number of carboxylic acids is 1. The zero-order valence-electron chi connectivity index (χ0n) is 20.9. The number of carbonyl (C=O) groups excluding carboxylic acids is 2. The molecule has 7 nitrogen and oxygen atoms in total. The Labute approximate surface area is 216 Å². The highest BCUT2D eigenvalue weighted by molar-refractivity contribution is 5.95. The van der Waals surface area contributed by atoms with Crippen LogP contribution in [0.5, 0.6) is 5.75 Å². The largest absolute Gasteiger partial charge is 0.490 e. The molecule has 0 atom stereocenters. The van der Waals surface area contributed by atoms with E-state index in [1.54, 1.807) is 24.3 Å². The van der Waals surface area contributed by atoms with Crippen LogP contribution in [0.25, 0.3) is 11.1 Å². The highest BCUT2D eigenvalue weighted by atomic mass is 16.5. The molecular weight excluding hydrogens is 468 g/mol. The number of ether oxygens (including phenoxy) is 1. The molecule has 1 fully saturated rings. The van der Waals surface area contributed by atoms with Gasteiger partial charge in [-0.1, -0.05) is 36.4 Å². The fourth-order valence-electron chi connectivity index (χ4n) is 4.61. The van der Waals surface area contributed by atoms with Gasteiger partial charge in [0, 0.05) is 24.2 Å². The molecule has 3 aromatic carbocycles. The number of hydrogen-bond acceptors (Lipinski definition) is 4. The SMILES string of the molecule is Cc1cc(C(=O)NCCNC(=O)c2ccc(O[C@H]3CC[C@@H](C(=O)O)CC3)cc2)ccc1-c1ccccc1. The summed E-state index contributed by atoms with van der Waals surface area (Å²) in [5.41, 5.74) is 4.30. The zero-order chi connectivity index (χ0) is 26.2. The molecule has 37 heavy (non-hydrogen) atoms. The first-order valence-electron chi connectivity index (χ1n) is 12.6. The Bertz CT molecular complexity index is 1230. The van der Waals surface area contributed by atoms with Crippen LogP contribution in [0.1, 0.15) is 52.0 Å². The molecule has 2 amide bonds. The molecule has 1 aliphatic rings. The van der Waals surface area contributed by atoms with Crippen LogP contribution in [-0.2, 0) is 4.79 Å². The normalized spacial score (nSPS) is 17.0. The Morgan fingerprint density at radius 1 is 0.811 bits per heavy atom. The second-order valence-corrected chi connectivity index (χ2v) is 9.36. The van der Waals surface area contributed by atoms with Crippen molar-refractivity contribution in [2.75, 3.05) is 13.1 Å². The molecule has 4 rings (SSSR count). The highest BCUT2D eigenvalue weighted by Crippen LogP contribution is 2.28. The lowest BCUT2D eigenvalue weighted by Gasteiger charge is -2.26. The first-order valence-corrected chi connectivity index (χ1v) is 12.6. The number of hydrogen-bond donors (Lipinski definition) is 3. The van der Waals surface area contributed by atoms with E-state index < -0.39 is 5.97 Å². The molecule has 0 aromatic heterocycles. The topological polar surface area (TPSA) is 105 Å². The van der Waals surface area contributed by atoms with Gasteiger partial charge in [0.15, 0.2) is 0 Å². The van der Waals surface area contributed by atoms with E-state index in [4.69, 9.17) is 9.84 Å². The van der Waals surface area contributed by atoms with Gasteiger partial charge in [0.2, 0.25) is 0 Å². The smallest absolute Gasteiger partial charge is 0.306 e. The van der Waals surface area contributed by atoms with Gasteiger partial charge in [-0.15, -0.1) is 0 Å². The molecule has 0 bridgehead atoms. The second kappa shape index (κ2) is 12.2. The Kier molecular flexibility index (Phi) is 8.56. The Morgan fingerprint density at radius 3 is 2.00 bits per heavy atom. The predicted molar refractivity (Wildman–Crippen MR) is 142 cm³/mol. The molecule has 3 N–H and O–H groups in total. The lowest BCUT2D eigenvalue weighted by atomic mass is 9.87. The third kappa shape index (κ3) is 6.97. The van der Waals surface area contributed by atoms with Crippen molar-refractivity contribution in [1.82, 2.24) is 10.6 Å². The van der Waals surface area contributed by atoms with Gasteiger partial charge in [-0.3, -0.25) is 14.4 Å². The van der Waals surface area contributed by atoms with E-state index in [0.29, 0.717) is 55.6 Å². The number of carboxylic acid groups (broad SMARTS) is 1. The van der Waals surface area contributed by atoms with Crippen molar-refractivity contribution < 1.29 is 24.2 Å². The molecule has 7 heteroatoms. The fourth-order valence-corrected chi connectivity index (χ4v) is 4.61.